The molecule has 0 N–H and O–H groups in total. The van der Waals surface area contributed by atoms with Gasteiger partial charge in [-0.2, -0.15) is 0 Å². The predicted octanol–water partition coefficient (Wildman–Crippen LogP) is 4.09. The van der Waals surface area contributed by atoms with Crippen LogP contribution in [0.25, 0.3) is 10.1 Å². The first-order valence-corrected chi connectivity index (χ1v) is 6.39. The van der Waals surface area contributed by atoms with Gasteiger partial charge in [0.05, 0.1) is 4.34 Å². The van der Waals surface area contributed by atoms with Gasteiger partial charge in [-0.1, -0.05) is 11.6 Å². The number of thioether (sulfide) groups is 1. The second kappa shape index (κ2) is 3.93. The van der Waals surface area contributed by atoms with Crippen molar-refractivity contribution in [2.45, 2.75) is 4.90 Å². The molecular weight excluding hydrogens is 236 g/mol. The average molecular weight is 243 g/mol. The zero-order chi connectivity index (χ0) is 10.1. The summed E-state index contributed by atoms with van der Waals surface area (Å²) in [6, 6.07) is 5.79. The molecule has 0 aliphatic heterocycles. The second-order valence-electron chi connectivity index (χ2n) is 2.80. The minimum Gasteiger partial charge on any atom is -0.298 e. The van der Waals surface area contributed by atoms with E-state index in [1.165, 1.54) is 11.3 Å². The summed E-state index contributed by atoms with van der Waals surface area (Å²) in [4.78, 5) is 11.9. The Hall–Kier alpha value is -0.510. The third-order valence-electron chi connectivity index (χ3n) is 1.98. The van der Waals surface area contributed by atoms with Gasteiger partial charge in [0.25, 0.3) is 0 Å². The molecule has 0 aliphatic carbocycles. The molecule has 0 aliphatic rings. The number of rotatable bonds is 2. The fraction of sp³-hybridized carbons (Fsp3) is 0.100. The number of carbonyl (C=O) groups is 1. The Labute approximate surface area is 95.1 Å². The molecular formula is C10H7ClOS2. The number of fused-ring (bicyclic) bond motifs is 1. The second-order valence-corrected chi connectivity index (χ2v) is 5.39. The summed E-state index contributed by atoms with van der Waals surface area (Å²) in [5.74, 6) is 0. The highest BCUT2D eigenvalue weighted by Crippen LogP contribution is 2.34. The number of hydrogen-bond donors (Lipinski definition) is 0. The molecule has 2 rings (SSSR count). The lowest BCUT2D eigenvalue weighted by Crippen LogP contribution is -1.81. The molecule has 0 spiro atoms. The maximum Gasteiger partial charge on any atom is 0.150 e. The highest BCUT2D eigenvalue weighted by atomic mass is 35.5. The van der Waals surface area contributed by atoms with E-state index in [1.54, 1.807) is 11.8 Å². The summed E-state index contributed by atoms with van der Waals surface area (Å²) in [6.45, 7) is 0. The lowest BCUT2D eigenvalue weighted by molar-refractivity contribution is 0.112. The van der Waals surface area contributed by atoms with Crippen molar-refractivity contribution in [2.24, 2.45) is 0 Å². The number of thiophene rings is 1. The first kappa shape index (κ1) is 10.0. The van der Waals surface area contributed by atoms with Crippen LogP contribution in [0, 0.1) is 0 Å². The zero-order valence-corrected chi connectivity index (χ0v) is 9.80. The van der Waals surface area contributed by atoms with Gasteiger partial charge in [-0.25, -0.2) is 0 Å². The average Bonchev–Trinajstić information content (AvgIpc) is 2.56. The van der Waals surface area contributed by atoms with Crippen LogP contribution in [0.1, 0.15) is 10.4 Å². The molecule has 0 saturated carbocycles. The van der Waals surface area contributed by atoms with E-state index in [2.05, 4.69) is 6.07 Å². The Morgan fingerprint density at radius 1 is 1.43 bits per heavy atom. The van der Waals surface area contributed by atoms with Crippen LogP contribution >= 0.6 is 34.7 Å². The lowest BCUT2D eigenvalue weighted by atomic mass is 10.1. The number of benzene rings is 1. The fourth-order valence-electron chi connectivity index (χ4n) is 1.32. The number of halogens is 1. The van der Waals surface area contributed by atoms with Gasteiger partial charge in [0.1, 0.15) is 0 Å². The topological polar surface area (TPSA) is 17.1 Å². The molecule has 1 heterocycles. The summed E-state index contributed by atoms with van der Waals surface area (Å²) in [5, 5.41) is 0.952. The molecule has 0 fully saturated rings. The molecule has 4 heteroatoms. The van der Waals surface area contributed by atoms with Gasteiger partial charge in [-0.3, -0.25) is 4.79 Å². The molecule has 2 aromatic rings. The Morgan fingerprint density at radius 3 is 2.86 bits per heavy atom. The van der Waals surface area contributed by atoms with Gasteiger partial charge in [0.2, 0.25) is 0 Å². The van der Waals surface area contributed by atoms with Crippen LogP contribution in [-0.2, 0) is 0 Å². The van der Waals surface area contributed by atoms with Gasteiger partial charge in [0.15, 0.2) is 6.29 Å². The highest BCUT2D eigenvalue weighted by molar-refractivity contribution is 7.98. The molecule has 14 heavy (non-hydrogen) atoms. The van der Waals surface area contributed by atoms with Crippen LogP contribution in [0.2, 0.25) is 4.34 Å². The maximum absolute atomic E-state index is 10.9. The Kier molecular flexibility index (Phi) is 2.81. The van der Waals surface area contributed by atoms with E-state index in [0.717, 1.165) is 31.2 Å². The van der Waals surface area contributed by atoms with Gasteiger partial charge in [-0.05, 0) is 24.5 Å². The van der Waals surface area contributed by atoms with Gasteiger partial charge < -0.3 is 0 Å². The van der Waals surface area contributed by atoms with Crippen LogP contribution < -0.4 is 0 Å². The van der Waals surface area contributed by atoms with E-state index in [0.29, 0.717) is 0 Å². The van der Waals surface area contributed by atoms with E-state index < -0.39 is 0 Å². The zero-order valence-electron chi connectivity index (χ0n) is 7.41. The summed E-state index contributed by atoms with van der Waals surface area (Å²) < 4.78 is 1.80. The van der Waals surface area contributed by atoms with Crippen molar-refractivity contribution in [2.75, 3.05) is 6.26 Å². The van der Waals surface area contributed by atoms with E-state index in [-0.39, 0.29) is 0 Å². The number of carbonyl (C=O) groups excluding carboxylic acids is 1. The Morgan fingerprint density at radius 2 is 2.21 bits per heavy atom. The maximum atomic E-state index is 10.9. The first-order chi connectivity index (χ1) is 6.74. The van der Waals surface area contributed by atoms with E-state index in [4.69, 9.17) is 11.6 Å². The summed E-state index contributed by atoms with van der Waals surface area (Å²) in [7, 11) is 0. The smallest absolute Gasteiger partial charge is 0.150 e. The monoisotopic (exact) mass is 242 g/mol. The molecule has 0 atom stereocenters. The Balaban J connectivity index is 2.78. The SMILES string of the molecule is CSc1cc(C=O)c2cc(Cl)sc2c1. The molecule has 72 valence electrons. The van der Waals surface area contributed by atoms with Crippen molar-refractivity contribution in [1.29, 1.82) is 0 Å². The fourth-order valence-corrected chi connectivity index (χ4v) is 3.10. The van der Waals surface area contributed by atoms with Crippen LogP contribution in [0.3, 0.4) is 0 Å². The van der Waals surface area contributed by atoms with Crippen molar-refractivity contribution in [3.63, 3.8) is 0 Å². The third-order valence-corrected chi connectivity index (χ3v) is 3.89. The molecule has 1 aromatic heterocycles. The van der Waals surface area contributed by atoms with Crippen molar-refractivity contribution >= 4 is 51.1 Å². The van der Waals surface area contributed by atoms with Crippen LogP contribution in [0.15, 0.2) is 23.1 Å². The quantitative estimate of drug-likeness (QED) is 0.583. The predicted molar refractivity (Wildman–Crippen MR) is 64.0 cm³/mol. The van der Waals surface area contributed by atoms with Gasteiger partial charge >= 0.3 is 0 Å². The van der Waals surface area contributed by atoms with Crippen molar-refractivity contribution in [3.8, 4) is 0 Å². The minimum absolute atomic E-state index is 0.718. The van der Waals surface area contributed by atoms with Crippen molar-refractivity contribution in [3.05, 3.63) is 28.1 Å². The van der Waals surface area contributed by atoms with E-state index in [1.807, 2.05) is 18.4 Å². The largest absolute Gasteiger partial charge is 0.298 e. The molecule has 0 amide bonds. The van der Waals surface area contributed by atoms with Crippen molar-refractivity contribution < 1.29 is 4.79 Å². The summed E-state index contributed by atoms with van der Waals surface area (Å²) in [5.41, 5.74) is 0.718. The lowest BCUT2D eigenvalue weighted by Gasteiger charge is -1.98. The molecule has 0 unspecified atom stereocenters. The first-order valence-electron chi connectivity index (χ1n) is 3.97. The van der Waals surface area contributed by atoms with E-state index >= 15 is 0 Å². The normalized spacial score (nSPS) is 10.7. The molecule has 0 bridgehead atoms. The summed E-state index contributed by atoms with van der Waals surface area (Å²) >= 11 is 9.03. The standard InChI is InChI=1S/C10H7ClOS2/c1-13-7-2-6(5-12)8-4-10(11)14-9(8)3-7/h2-5H,1H3. The molecule has 0 radical (unpaired) electrons. The number of aldehydes is 1. The van der Waals surface area contributed by atoms with Gasteiger partial charge in [0, 0.05) is 20.5 Å². The molecule has 1 nitrogen and oxygen atoms in total. The minimum atomic E-state index is 0.718. The van der Waals surface area contributed by atoms with Crippen molar-refractivity contribution in [1.82, 2.24) is 0 Å². The molecule has 0 saturated heterocycles. The van der Waals surface area contributed by atoms with Crippen LogP contribution in [-0.4, -0.2) is 12.5 Å². The van der Waals surface area contributed by atoms with Crippen LogP contribution in [0.5, 0.6) is 0 Å². The van der Waals surface area contributed by atoms with Crippen LogP contribution in [0.4, 0.5) is 0 Å². The summed E-state index contributed by atoms with van der Waals surface area (Å²) in [6.07, 6.45) is 2.87. The van der Waals surface area contributed by atoms with E-state index in [9.17, 15) is 4.79 Å². The van der Waals surface area contributed by atoms with Gasteiger partial charge in [-0.15, -0.1) is 23.1 Å². The third kappa shape index (κ3) is 1.67. The number of hydrogen-bond acceptors (Lipinski definition) is 3. The highest BCUT2D eigenvalue weighted by Gasteiger charge is 2.06. The molecule has 1 aromatic carbocycles. The Bertz CT molecular complexity index is 490.